The molecular weight excluding hydrogens is 388 g/mol. The Bertz CT molecular complexity index is 883. The van der Waals surface area contributed by atoms with Crippen LogP contribution in [-0.4, -0.2) is 26.7 Å². The van der Waals surface area contributed by atoms with Crippen LogP contribution >= 0.6 is 11.6 Å². The summed E-state index contributed by atoms with van der Waals surface area (Å²) in [5.41, 5.74) is 1.67. The summed E-state index contributed by atoms with van der Waals surface area (Å²) < 4.78 is 32.0. The molecule has 0 saturated heterocycles. The van der Waals surface area contributed by atoms with Gasteiger partial charge in [0.2, 0.25) is 15.9 Å². The molecule has 6 nitrogen and oxygen atoms in total. The molecule has 0 aromatic heterocycles. The Labute approximate surface area is 164 Å². The van der Waals surface area contributed by atoms with Crippen molar-refractivity contribution in [2.75, 3.05) is 22.4 Å². The summed E-state index contributed by atoms with van der Waals surface area (Å²) in [6.07, 6.45) is 0.687. The minimum absolute atomic E-state index is 0.0467. The van der Waals surface area contributed by atoms with Gasteiger partial charge in [-0.2, -0.15) is 0 Å². The molecule has 0 heterocycles. The second kappa shape index (κ2) is 9.62. The van der Waals surface area contributed by atoms with E-state index in [-0.39, 0.29) is 24.7 Å². The number of sulfonamides is 1. The van der Waals surface area contributed by atoms with Gasteiger partial charge in [-0.15, -0.1) is 0 Å². The maximum absolute atomic E-state index is 12.2. The Kier molecular flexibility index (Phi) is 7.50. The molecule has 0 bridgehead atoms. The molecule has 2 N–H and O–H groups in total. The highest BCUT2D eigenvalue weighted by molar-refractivity contribution is 7.92. The maximum atomic E-state index is 12.2. The normalized spacial score (nSPS) is 11.1. The molecule has 146 valence electrons. The minimum atomic E-state index is -3.39. The van der Waals surface area contributed by atoms with Gasteiger partial charge in [-0.1, -0.05) is 24.6 Å². The van der Waals surface area contributed by atoms with Crippen LogP contribution in [0.5, 0.6) is 5.75 Å². The lowest BCUT2D eigenvalue weighted by Gasteiger charge is -2.14. The standard InChI is InChI=1S/C19H23ClN2O4S/c1-3-13-27(24,25)22-18-6-4-5-17(14(18)2)21-19(23)11-12-26-16-9-7-15(20)8-10-16/h4-10,22H,3,11-13H2,1-2H3,(H,21,23). The van der Waals surface area contributed by atoms with Gasteiger partial charge in [0.05, 0.1) is 24.5 Å². The van der Waals surface area contributed by atoms with E-state index in [4.69, 9.17) is 16.3 Å². The number of halogens is 1. The average molecular weight is 411 g/mol. The number of anilines is 2. The van der Waals surface area contributed by atoms with Crippen LogP contribution in [0.3, 0.4) is 0 Å². The zero-order valence-corrected chi connectivity index (χ0v) is 16.9. The molecule has 2 aromatic rings. The number of benzene rings is 2. The molecule has 0 fully saturated rings. The number of rotatable bonds is 9. The van der Waals surface area contributed by atoms with Crippen LogP contribution in [0, 0.1) is 6.92 Å². The van der Waals surface area contributed by atoms with E-state index in [1.54, 1.807) is 56.3 Å². The molecule has 0 atom stereocenters. The molecular formula is C19H23ClN2O4S. The molecule has 2 aromatic carbocycles. The fourth-order valence-corrected chi connectivity index (χ4v) is 3.70. The summed E-state index contributed by atoms with van der Waals surface area (Å²) in [7, 11) is -3.39. The Hall–Kier alpha value is -2.25. The third kappa shape index (κ3) is 6.77. The minimum Gasteiger partial charge on any atom is -0.493 e. The van der Waals surface area contributed by atoms with Gasteiger partial charge in [0.25, 0.3) is 0 Å². The van der Waals surface area contributed by atoms with Crippen molar-refractivity contribution < 1.29 is 17.9 Å². The predicted molar refractivity (Wildman–Crippen MR) is 109 cm³/mol. The van der Waals surface area contributed by atoms with E-state index in [0.29, 0.717) is 34.1 Å². The van der Waals surface area contributed by atoms with Crippen LogP contribution in [0.2, 0.25) is 5.02 Å². The van der Waals surface area contributed by atoms with Crippen molar-refractivity contribution in [2.45, 2.75) is 26.7 Å². The molecule has 0 aliphatic heterocycles. The van der Waals surface area contributed by atoms with E-state index in [1.165, 1.54) is 0 Å². The molecule has 0 unspecified atom stereocenters. The number of carbonyl (C=O) groups is 1. The van der Waals surface area contributed by atoms with Crippen molar-refractivity contribution in [3.05, 3.63) is 53.1 Å². The highest BCUT2D eigenvalue weighted by Gasteiger charge is 2.13. The van der Waals surface area contributed by atoms with Gasteiger partial charge in [0, 0.05) is 10.7 Å². The first-order valence-electron chi connectivity index (χ1n) is 8.59. The Morgan fingerprint density at radius 1 is 1.11 bits per heavy atom. The monoisotopic (exact) mass is 410 g/mol. The molecule has 27 heavy (non-hydrogen) atoms. The number of nitrogens with one attached hydrogen (secondary N) is 2. The smallest absolute Gasteiger partial charge is 0.232 e. The molecule has 2 rings (SSSR count). The lowest BCUT2D eigenvalue weighted by Crippen LogP contribution is -2.18. The third-order valence-corrected chi connectivity index (χ3v) is 5.49. The summed E-state index contributed by atoms with van der Waals surface area (Å²) in [5.74, 6) is 0.460. The second-order valence-corrected chi connectivity index (χ2v) is 8.28. The first-order chi connectivity index (χ1) is 12.8. The number of hydrogen-bond acceptors (Lipinski definition) is 4. The van der Waals surface area contributed by atoms with Crippen LogP contribution in [0.1, 0.15) is 25.3 Å². The van der Waals surface area contributed by atoms with E-state index in [9.17, 15) is 13.2 Å². The number of ether oxygens (including phenoxy) is 1. The first kappa shape index (κ1) is 21.1. The van der Waals surface area contributed by atoms with Gasteiger partial charge in [0.15, 0.2) is 0 Å². The molecule has 1 amide bonds. The highest BCUT2D eigenvalue weighted by Crippen LogP contribution is 2.24. The third-order valence-electron chi connectivity index (χ3n) is 3.76. The van der Waals surface area contributed by atoms with Crippen molar-refractivity contribution in [1.29, 1.82) is 0 Å². The fraction of sp³-hybridized carbons (Fsp3) is 0.316. The van der Waals surface area contributed by atoms with Crippen LogP contribution in [0.25, 0.3) is 0 Å². The van der Waals surface area contributed by atoms with Crippen molar-refractivity contribution in [3.63, 3.8) is 0 Å². The van der Waals surface area contributed by atoms with Crippen LogP contribution in [0.4, 0.5) is 11.4 Å². The van der Waals surface area contributed by atoms with Gasteiger partial charge >= 0.3 is 0 Å². The van der Waals surface area contributed by atoms with Gasteiger partial charge < -0.3 is 10.1 Å². The molecule has 0 aliphatic carbocycles. The fourth-order valence-electron chi connectivity index (χ4n) is 2.37. The van der Waals surface area contributed by atoms with Gasteiger partial charge in [-0.25, -0.2) is 8.42 Å². The average Bonchev–Trinajstić information content (AvgIpc) is 2.60. The number of hydrogen-bond donors (Lipinski definition) is 2. The summed E-state index contributed by atoms with van der Waals surface area (Å²) in [4.78, 5) is 12.2. The van der Waals surface area contributed by atoms with Gasteiger partial charge in [-0.3, -0.25) is 9.52 Å². The molecule has 8 heteroatoms. The zero-order chi connectivity index (χ0) is 19.9. The highest BCUT2D eigenvalue weighted by atomic mass is 35.5. The largest absolute Gasteiger partial charge is 0.493 e. The lowest BCUT2D eigenvalue weighted by molar-refractivity contribution is -0.116. The van der Waals surface area contributed by atoms with Crippen molar-refractivity contribution in [2.24, 2.45) is 0 Å². The van der Waals surface area contributed by atoms with Crippen LogP contribution < -0.4 is 14.8 Å². The molecule has 0 radical (unpaired) electrons. The second-order valence-electron chi connectivity index (χ2n) is 6.00. The molecule has 0 spiro atoms. The van der Waals surface area contributed by atoms with Gasteiger partial charge in [-0.05, 0) is 55.3 Å². The number of amides is 1. The van der Waals surface area contributed by atoms with E-state index in [1.807, 2.05) is 0 Å². The van der Waals surface area contributed by atoms with E-state index >= 15 is 0 Å². The summed E-state index contributed by atoms with van der Waals surface area (Å²) in [6, 6.07) is 12.0. The van der Waals surface area contributed by atoms with E-state index in [0.717, 1.165) is 0 Å². The zero-order valence-electron chi connectivity index (χ0n) is 15.3. The predicted octanol–water partition coefficient (Wildman–Crippen LogP) is 4.21. The Morgan fingerprint density at radius 3 is 2.44 bits per heavy atom. The van der Waals surface area contributed by atoms with Crippen molar-refractivity contribution in [3.8, 4) is 5.75 Å². The van der Waals surface area contributed by atoms with Crippen molar-refractivity contribution in [1.82, 2.24) is 0 Å². The lowest BCUT2D eigenvalue weighted by atomic mass is 10.1. The Morgan fingerprint density at radius 2 is 1.78 bits per heavy atom. The van der Waals surface area contributed by atoms with E-state index in [2.05, 4.69) is 10.0 Å². The Balaban J connectivity index is 1.93. The first-order valence-corrected chi connectivity index (χ1v) is 10.6. The van der Waals surface area contributed by atoms with Crippen molar-refractivity contribution >= 4 is 38.9 Å². The quantitative estimate of drug-likeness (QED) is 0.648. The SMILES string of the molecule is CCCS(=O)(=O)Nc1cccc(NC(=O)CCOc2ccc(Cl)cc2)c1C. The maximum Gasteiger partial charge on any atom is 0.232 e. The van der Waals surface area contributed by atoms with Gasteiger partial charge in [0.1, 0.15) is 5.75 Å². The molecule has 0 aliphatic rings. The summed E-state index contributed by atoms with van der Waals surface area (Å²) in [5, 5.41) is 3.40. The van der Waals surface area contributed by atoms with Crippen LogP contribution in [0.15, 0.2) is 42.5 Å². The molecule has 0 saturated carbocycles. The topological polar surface area (TPSA) is 84.5 Å². The van der Waals surface area contributed by atoms with E-state index < -0.39 is 10.0 Å². The van der Waals surface area contributed by atoms with Crippen LogP contribution in [-0.2, 0) is 14.8 Å². The summed E-state index contributed by atoms with van der Waals surface area (Å²) in [6.45, 7) is 3.77. The summed E-state index contributed by atoms with van der Waals surface area (Å²) >= 11 is 5.81. The number of carbonyl (C=O) groups excluding carboxylic acids is 1.